The van der Waals surface area contributed by atoms with E-state index in [1.165, 1.54) is 5.56 Å². The zero-order chi connectivity index (χ0) is 10.2. The smallest absolute Gasteiger partial charge is 0.0670 e. The van der Waals surface area contributed by atoms with E-state index in [1.807, 2.05) is 25.1 Å². The number of aliphatic hydroxyl groups is 1. The molecule has 0 radical (unpaired) electrons. The number of rotatable bonds is 2. The minimum absolute atomic E-state index is 0.0641. The molecule has 1 aliphatic rings. The fourth-order valence-electron chi connectivity index (χ4n) is 2.08. The number of hydrogen-bond donors (Lipinski definition) is 1. The lowest BCUT2D eigenvalue weighted by Gasteiger charge is -2.24. The Kier molecular flexibility index (Phi) is 2.16. The maximum atomic E-state index is 9.08. The fraction of sp³-hybridized carbons (Fsp3) is 0.417. The van der Waals surface area contributed by atoms with Crippen molar-refractivity contribution in [3.8, 4) is 0 Å². The van der Waals surface area contributed by atoms with Gasteiger partial charge in [-0.25, -0.2) is 0 Å². The molecular weight excluding hydrogens is 174 g/mol. The first-order chi connectivity index (χ1) is 6.68. The topological polar surface area (TPSA) is 32.6 Å². The van der Waals surface area contributed by atoms with Crippen LogP contribution in [0, 0.1) is 0 Å². The van der Waals surface area contributed by atoms with Gasteiger partial charge in [-0.15, -0.1) is 0 Å². The van der Waals surface area contributed by atoms with Gasteiger partial charge in [0.1, 0.15) is 0 Å². The van der Waals surface area contributed by atoms with Crippen LogP contribution in [0.4, 0.5) is 5.69 Å². The first-order valence-electron chi connectivity index (χ1n) is 4.94. The van der Waals surface area contributed by atoms with E-state index in [0.717, 1.165) is 17.8 Å². The molecule has 0 bridgehead atoms. The van der Waals surface area contributed by atoms with Crippen molar-refractivity contribution < 1.29 is 5.11 Å². The number of aliphatic imine (C=N–C) groups is 1. The van der Waals surface area contributed by atoms with Crippen molar-refractivity contribution in [2.24, 2.45) is 4.99 Å². The van der Waals surface area contributed by atoms with Crippen molar-refractivity contribution in [3.05, 3.63) is 29.8 Å². The maximum absolute atomic E-state index is 9.08. The van der Waals surface area contributed by atoms with Gasteiger partial charge in [0.25, 0.3) is 0 Å². The highest BCUT2D eigenvalue weighted by Gasteiger charge is 2.35. The van der Waals surface area contributed by atoms with Gasteiger partial charge in [-0.3, -0.25) is 4.99 Å². The van der Waals surface area contributed by atoms with Crippen LogP contribution in [0.25, 0.3) is 0 Å². The van der Waals surface area contributed by atoms with Crippen molar-refractivity contribution in [1.82, 2.24) is 0 Å². The standard InChI is InChI=1S/C12H15NO/c1-9-12(2,7-8-14)10-5-3-4-6-11(10)13-9/h3-6,14H,7-8H2,1-2H3. The number of hydrogen-bond acceptors (Lipinski definition) is 2. The van der Waals surface area contributed by atoms with Gasteiger partial charge < -0.3 is 5.11 Å². The zero-order valence-corrected chi connectivity index (χ0v) is 8.62. The summed E-state index contributed by atoms with van der Waals surface area (Å²) in [5.41, 5.74) is 3.34. The normalized spacial score (nSPS) is 24.6. The highest BCUT2D eigenvalue weighted by molar-refractivity contribution is 5.99. The van der Waals surface area contributed by atoms with Crippen molar-refractivity contribution >= 4 is 11.4 Å². The third kappa shape index (κ3) is 1.18. The van der Waals surface area contributed by atoms with E-state index in [-0.39, 0.29) is 12.0 Å². The summed E-state index contributed by atoms with van der Waals surface area (Å²) in [7, 11) is 0. The Morgan fingerprint density at radius 1 is 1.36 bits per heavy atom. The van der Waals surface area contributed by atoms with Crippen LogP contribution in [-0.4, -0.2) is 17.4 Å². The molecule has 2 nitrogen and oxygen atoms in total. The van der Waals surface area contributed by atoms with Gasteiger partial charge in [-0.1, -0.05) is 25.1 Å². The second-order valence-electron chi connectivity index (χ2n) is 4.02. The van der Waals surface area contributed by atoms with Gasteiger partial charge in [0.15, 0.2) is 0 Å². The van der Waals surface area contributed by atoms with Crippen LogP contribution >= 0.6 is 0 Å². The molecule has 2 rings (SSSR count). The summed E-state index contributed by atoms with van der Waals surface area (Å²) in [4.78, 5) is 4.53. The molecule has 0 fully saturated rings. The zero-order valence-electron chi connectivity index (χ0n) is 8.62. The van der Waals surface area contributed by atoms with E-state index in [2.05, 4.69) is 18.0 Å². The molecule has 14 heavy (non-hydrogen) atoms. The van der Waals surface area contributed by atoms with Crippen LogP contribution in [0.1, 0.15) is 25.8 Å². The number of fused-ring (bicyclic) bond motifs is 1. The molecular formula is C12H15NO. The molecule has 74 valence electrons. The second kappa shape index (κ2) is 3.21. The van der Waals surface area contributed by atoms with Crippen molar-refractivity contribution in [3.63, 3.8) is 0 Å². The molecule has 0 saturated heterocycles. The molecule has 1 aromatic rings. The molecule has 1 aromatic carbocycles. The lowest BCUT2D eigenvalue weighted by atomic mass is 9.77. The molecule has 0 aliphatic carbocycles. The van der Waals surface area contributed by atoms with Crippen molar-refractivity contribution in [2.45, 2.75) is 25.7 Å². The van der Waals surface area contributed by atoms with Crippen LogP contribution in [0.15, 0.2) is 29.3 Å². The minimum Gasteiger partial charge on any atom is -0.396 e. The van der Waals surface area contributed by atoms with E-state index in [0.29, 0.717) is 0 Å². The Balaban J connectivity index is 2.50. The van der Waals surface area contributed by atoms with Gasteiger partial charge in [-0.2, -0.15) is 0 Å². The highest BCUT2D eigenvalue weighted by Crippen LogP contribution is 2.41. The molecule has 1 aliphatic heterocycles. The monoisotopic (exact) mass is 189 g/mol. The van der Waals surface area contributed by atoms with Gasteiger partial charge >= 0.3 is 0 Å². The first-order valence-corrected chi connectivity index (χ1v) is 4.94. The summed E-state index contributed by atoms with van der Waals surface area (Å²) >= 11 is 0. The van der Waals surface area contributed by atoms with Crippen LogP contribution in [0.2, 0.25) is 0 Å². The third-order valence-electron chi connectivity index (χ3n) is 3.20. The van der Waals surface area contributed by atoms with Gasteiger partial charge in [0.05, 0.1) is 5.69 Å². The van der Waals surface area contributed by atoms with Crippen LogP contribution in [0.3, 0.4) is 0 Å². The molecule has 1 atom stereocenters. The molecule has 0 aromatic heterocycles. The van der Waals surface area contributed by atoms with Gasteiger partial charge in [0, 0.05) is 17.7 Å². The summed E-state index contributed by atoms with van der Waals surface area (Å²) in [6.45, 7) is 4.39. The Bertz CT molecular complexity index is 384. The molecule has 0 saturated carbocycles. The Morgan fingerprint density at radius 2 is 2.07 bits per heavy atom. The minimum atomic E-state index is -0.0641. The maximum Gasteiger partial charge on any atom is 0.0670 e. The average molecular weight is 189 g/mol. The largest absolute Gasteiger partial charge is 0.396 e. The molecule has 1 heterocycles. The quantitative estimate of drug-likeness (QED) is 0.761. The van der Waals surface area contributed by atoms with Crippen molar-refractivity contribution in [2.75, 3.05) is 6.61 Å². The van der Waals surface area contributed by atoms with Gasteiger partial charge in [-0.05, 0) is 25.0 Å². The van der Waals surface area contributed by atoms with Crippen LogP contribution in [0.5, 0.6) is 0 Å². The Hall–Kier alpha value is -1.15. The molecule has 2 heteroatoms. The summed E-state index contributed by atoms with van der Waals surface area (Å²) in [6.07, 6.45) is 0.749. The lowest BCUT2D eigenvalue weighted by molar-refractivity contribution is 0.268. The third-order valence-corrected chi connectivity index (χ3v) is 3.20. The number of benzene rings is 1. The number of nitrogens with zero attached hydrogens (tertiary/aromatic N) is 1. The highest BCUT2D eigenvalue weighted by atomic mass is 16.3. The van der Waals surface area contributed by atoms with E-state index < -0.39 is 0 Å². The second-order valence-corrected chi connectivity index (χ2v) is 4.02. The molecule has 1 unspecified atom stereocenters. The predicted molar refractivity (Wildman–Crippen MR) is 58.3 cm³/mol. The van der Waals surface area contributed by atoms with Crippen molar-refractivity contribution in [1.29, 1.82) is 0 Å². The van der Waals surface area contributed by atoms with Crippen LogP contribution < -0.4 is 0 Å². The number of aliphatic hydroxyl groups excluding tert-OH is 1. The summed E-state index contributed by atoms with van der Waals surface area (Å²) in [5, 5.41) is 9.08. The molecule has 0 spiro atoms. The first kappa shape index (κ1) is 9.41. The lowest BCUT2D eigenvalue weighted by Crippen LogP contribution is -2.28. The fourth-order valence-corrected chi connectivity index (χ4v) is 2.08. The van der Waals surface area contributed by atoms with E-state index in [9.17, 15) is 0 Å². The van der Waals surface area contributed by atoms with Crippen LogP contribution in [-0.2, 0) is 5.41 Å². The van der Waals surface area contributed by atoms with Gasteiger partial charge in [0.2, 0.25) is 0 Å². The summed E-state index contributed by atoms with van der Waals surface area (Å²) in [5.74, 6) is 0. The Labute approximate surface area is 84.3 Å². The van der Waals surface area contributed by atoms with E-state index in [4.69, 9.17) is 5.11 Å². The summed E-state index contributed by atoms with van der Waals surface area (Å²) < 4.78 is 0. The summed E-state index contributed by atoms with van der Waals surface area (Å²) in [6, 6.07) is 8.16. The SMILES string of the molecule is CC1=Nc2ccccc2C1(C)CCO. The van der Waals surface area contributed by atoms with E-state index >= 15 is 0 Å². The molecule has 1 N–H and O–H groups in total. The predicted octanol–water partition coefficient (Wildman–Crippen LogP) is 2.43. The average Bonchev–Trinajstić information content (AvgIpc) is 2.41. The Morgan fingerprint density at radius 3 is 2.79 bits per heavy atom. The number of para-hydroxylation sites is 1. The molecule has 0 amide bonds. The van der Waals surface area contributed by atoms with E-state index in [1.54, 1.807) is 0 Å².